The Balaban J connectivity index is 1.68. The van der Waals surface area contributed by atoms with Crippen LogP contribution in [-0.4, -0.2) is 23.5 Å². The van der Waals surface area contributed by atoms with E-state index in [1.54, 1.807) is 12.1 Å². The Morgan fingerprint density at radius 3 is 3.00 bits per heavy atom. The van der Waals surface area contributed by atoms with Crippen molar-refractivity contribution in [2.75, 3.05) is 11.9 Å². The number of carbonyl (C=O) groups is 1. The number of anilines is 1. The molecule has 1 aliphatic rings. The van der Waals surface area contributed by atoms with Gasteiger partial charge in [0.2, 0.25) is 5.91 Å². The molecular weight excluding hydrogens is 313 g/mol. The third-order valence-electron chi connectivity index (χ3n) is 4.06. The van der Waals surface area contributed by atoms with Gasteiger partial charge in [-0.3, -0.25) is 4.79 Å². The van der Waals surface area contributed by atoms with Crippen molar-refractivity contribution in [1.82, 2.24) is 10.3 Å². The molecule has 6 heteroatoms. The molecule has 4 nitrogen and oxygen atoms in total. The molecule has 1 atom stereocenters. The topological polar surface area (TPSA) is 54.0 Å². The lowest BCUT2D eigenvalue weighted by atomic mass is 10.0. The highest BCUT2D eigenvalue weighted by molar-refractivity contribution is 7.15. The number of hydrogen-bond donors (Lipinski definition) is 2. The summed E-state index contributed by atoms with van der Waals surface area (Å²) in [5, 5.41) is 6.70. The number of thiazole rings is 1. The second kappa shape index (κ2) is 7.19. The first-order valence-electron chi connectivity index (χ1n) is 7.87. The second-order valence-electron chi connectivity index (χ2n) is 5.79. The first kappa shape index (κ1) is 16.1. The minimum absolute atomic E-state index is 0.0316. The highest BCUT2D eigenvalue weighted by Crippen LogP contribution is 2.26. The molecule has 2 N–H and O–H groups in total. The molecule has 1 aromatic carbocycles. The van der Waals surface area contributed by atoms with Gasteiger partial charge in [-0.05, 0) is 37.9 Å². The SMILES string of the molecule is Cc1nc(NC(=O)[C@@H]2CCCCN2)sc1Cc1ccccc1F. The zero-order chi connectivity index (χ0) is 16.2. The largest absolute Gasteiger partial charge is 0.306 e. The fraction of sp³-hybridized carbons (Fsp3) is 0.412. The van der Waals surface area contributed by atoms with Gasteiger partial charge in [-0.2, -0.15) is 0 Å². The van der Waals surface area contributed by atoms with Gasteiger partial charge in [0.05, 0.1) is 11.7 Å². The number of rotatable bonds is 4. The molecule has 1 amide bonds. The van der Waals surface area contributed by atoms with Crippen LogP contribution in [0.3, 0.4) is 0 Å². The molecule has 0 spiro atoms. The molecule has 0 unspecified atom stereocenters. The number of benzene rings is 1. The number of piperidine rings is 1. The number of aryl methyl sites for hydroxylation is 1. The third kappa shape index (κ3) is 3.95. The average Bonchev–Trinajstić information content (AvgIpc) is 2.90. The van der Waals surface area contributed by atoms with Crippen molar-refractivity contribution < 1.29 is 9.18 Å². The van der Waals surface area contributed by atoms with E-state index in [1.165, 1.54) is 17.4 Å². The van der Waals surface area contributed by atoms with Gasteiger partial charge in [0, 0.05) is 11.3 Å². The van der Waals surface area contributed by atoms with Crippen LogP contribution in [0.1, 0.15) is 35.4 Å². The Kier molecular flexibility index (Phi) is 5.03. The lowest BCUT2D eigenvalue weighted by molar-refractivity contribution is -0.118. The van der Waals surface area contributed by atoms with Gasteiger partial charge >= 0.3 is 0 Å². The first-order valence-corrected chi connectivity index (χ1v) is 8.69. The maximum atomic E-state index is 13.8. The summed E-state index contributed by atoms with van der Waals surface area (Å²) in [5.74, 6) is -0.242. The molecule has 1 fully saturated rings. The van der Waals surface area contributed by atoms with E-state index in [0.717, 1.165) is 36.4 Å². The predicted octanol–water partition coefficient (Wildman–Crippen LogP) is 3.26. The van der Waals surface area contributed by atoms with Crippen LogP contribution in [-0.2, 0) is 11.2 Å². The van der Waals surface area contributed by atoms with Crippen molar-refractivity contribution >= 4 is 22.4 Å². The minimum Gasteiger partial charge on any atom is -0.306 e. The summed E-state index contributed by atoms with van der Waals surface area (Å²) in [6.07, 6.45) is 3.54. The van der Waals surface area contributed by atoms with E-state index in [9.17, 15) is 9.18 Å². The van der Waals surface area contributed by atoms with E-state index in [-0.39, 0.29) is 17.8 Å². The summed E-state index contributed by atoms with van der Waals surface area (Å²) in [7, 11) is 0. The molecule has 2 aromatic rings. The summed E-state index contributed by atoms with van der Waals surface area (Å²) in [6, 6.07) is 6.61. The Bertz CT molecular complexity index is 695. The quantitative estimate of drug-likeness (QED) is 0.903. The lowest BCUT2D eigenvalue weighted by Gasteiger charge is -2.21. The van der Waals surface area contributed by atoms with Crippen molar-refractivity contribution in [1.29, 1.82) is 0 Å². The van der Waals surface area contributed by atoms with Gasteiger partial charge in [0.15, 0.2) is 5.13 Å². The highest BCUT2D eigenvalue weighted by atomic mass is 32.1. The van der Waals surface area contributed by atoms with Crippen LogP contribution in [0.5, 0.6) is 0 Å². The van der Waals surface area contributed by atoms with Crippen LogP contribution in [0.2, 0.25) is 0 Å². The number of aromatic nitrogens is 1. The number of carbonyl (C=O) groups excluding carboxylic acids is 1. The van der Waals surface area contributed by atoms with Crippen LogP contribution in [0.15, 0.2) is 24.3 Å². The van der Waals surface area contributed by atoms with Crippen molar-refractivity contribution in [3.05, 3.63) is 46.2 Å². The first-order chi connectivity index (χ1) is 11.1. The highest BCUT2D eigenvalue weighted by Gasteiger charge is 2.22. The predicted molar refractivity (Wildman–Crippen MR) is 90.3 cm³/mol. The van der Waals surface area contributed by atoms with Crippen LogP contribution >= 0.6 is 11.3 Å². The zero-order valence-corrected chi connectivity index (χ0v) is 13.9. The second-order valence-corrected chi connectivity index (χ2v) is 6.87. The molecule has 23 heavy (non-hydrogen) atoms. The summed E-state index contributed by atoms with van der Waals surface area (Å²) >= 11 is 1.42. The standard InChI is InChI=1S/C17H20FN3OS/c1-11-15(10-12-6-2-3-7-13(12)18)23-17(20-11)21-16(22)14-8-4-5-9-19-14/h2-3,6-7,14,19H,4-5,8-10H2,1H3,(H,20,21,22)/t14-/m0/s1. The number of nitrogens with zero attached hydrogens (tertiary/aromatic N) is 1. The Labute approximate surface area is 139 Å². The molecule has 0 bridgehead atoms. The Morgan fingerprint density at radius 2 is 2.26 bits per heavy atom. The molecule has 0 saturated carbocycles. The van der Waals surface area contributed by atoms with Crippen LogP contribution in [0.25, 0.3) is 0 Å². The normalized spacial score (nSPS) is 17.9. The Hall–Kier alpha value is -1.79. The molecule has 3 rings (SSSR count). The zero-order valence-electron chi connectivity index (χ0n) is 13.1. The monoisotopic (exact) mass is 333 g/mol. The molecule has 122 valence electrons. The van der Waals surface area contributed by atoms with Gasteiger partial charge < -0.3 is 10.6 Å². The maximum absolute atomic E-state index is 13.8. The Morgan fingerprint density at radius 1 is 1.43 bits per heavy atom. The van der Waals surface area contributed by atoms with Crippen molar-refractivity contribution in [3.8, 4) is 0 Å². The van der Waals surface area contributed by atoms with Gasteiger partial charge in [0.1, 0.15) is 5.82 Å². The number of halogens is 1. The summed E-state index contributed by atoms with van der Waals surface area (Å²) in [4.78, 5) is 17.6. The van der Waals surface area contributed by atoms with E-state index in [0.29, 0.717) is 17.1 Å². The molecule has 1 aliphatic heterocycles. The van der Waals surface area contributed by atoms with Gasteiger partial charge in [-0.15, -0.1) is 11.3 Å². The fourth-order valence-corrected chi connectivity index (χ4v) is 3.72. The minimum atomic E-state index is -0.211. The molecule has 0 aliphatic carbocycles. The van der Waals surface area contributed by atoms with E-state index < -0.39 is 0 Å². The molecule has 1 aromatic heterocycles. The van der Waals surface area contributed by atoms with Gasteiger partial charge in [-0.25, -0.2) is 9.37 Å². The van der Waals surface area contributed by atoms with Gasteiger partial charge in [-0.1, -0.05) is 24.6 Å². The molecular formula is C17H20FN3OS. The van der Waals surface area contributed by atoms with Gasteiger partial charge in [0.25, 0.3) is 0 Å². The lowest BCUT2D eigenvalue weighted by Crippen LogP contribution is -2.43. The van der Waals surface area contributed by atoms with Crippen LogP contribution in [0.4, 0.5) is 9.52 Å². The smallest absolute Gasteiger partial charge is 0.243 e. The van der Waals surface area contributed by atoms with Crippen molar-refractivity contribution in [2.45, 2.75) is 38.6 Å². The van der Waals surface area contributed by atoms with Crippen LogP contribution < -0.4 is 10.6 Å². The number of hydrogen-bond acceptors (Lipinski definition) is 4. The van der Waals surface area contributed by atoms with E-state index in [4.69, 9.17) is 0 Å². The van der Waals surface area contributed by atoms with Crippen molar-refractivity contribution in [3.63, 3.8) is 0 Å². The summed E-state index contributed by atoms with van der Waals surface area (Å²) in [6.45, 7) is 2.77. The average molecular weight is 333 g/mol. The maximum Gasteiger partial charge on any atom is 0.243 e. The molecule has 2 heterocycles. The summed E-state index contributed by atoms with van der Waals surface area (Å²) in [5.41, 5.74) is 1.48. The van der Waals surface area contributed by atoms with Crippen LogP contribution in [0, 0.1) is 12.7 Å². The number of nitrogens with one attached hydrogen (secondary N) is 2. The molecule has 1 saturated heterocycles. The summed E-state index contributed by atoms with van der Waals surface area (Å²) < 4.78 is 13.8. The fourth-order valence-electron chi connectivity index (χ4n) is 2.73. The van der Waals surface area contributed by atoms with E-state index in [1.807, 2.05) is 13.0 Å². The van der Waals surface area contributed by atoms with Crippen molar-refractivity contribution in [2.24, 2.45) is 0 Å². The van der Waals surface area contributed by atoms with E-state index in [2.05, 4.69) is 15.6 Å². The molecule has 0 radical (unpaired) electrons. The van der Waals surface area contributed by atoms with E-state index >= 15 is 0 Å². The number of amides is 1. The third-order valence-corrected chi connectivity index (χ3v) is 5.13.